The molecule has 0 saturated carbocycles. The van der Waals surface area contributed by atoms with Crippen LogP contribution in [0.2, 0.25) is 0 Å². The zero-order chi connectivity index (χ0) is 18.8. The number of aromatic nitrogens is 1. The minimum Gasteiger partial charge on any atom is -0.347 e. The maximum absolute atomic E-state index is 13.9. The zero-order valence-electron chi connectivity index (χ0n) is 15.3. The van der Waals surface area contributed by atoms with Crippen molar-refractivity contribution in [3.8, 4) is 0 Å². The van der Waals surface area contributed by atoms with E-state index in [-0.39, 0.29) is 23.2 Å². The lowest BCUT2D eigenvalue weighted by Crippen LogP contribution is -2.43. The summed E-state index contributed by atoms with van der Waals surface area (Å²) < 4.78 is 13.9. The molecule has 0 unspecified atom stereocenters. The Kier molecular flexibility index (Phi) is 4.86. The first-order valence-corrected chi connectivity index (χ1v) is 9.25. The van der Waals surface area contributed by atoms with E-state index in [4.69, 9.17) is 0 Å². The largest absolute Gasteiger partial charge is 0.347 e. The number of rotatable bonds is 4. The van der Waals surface area contributed by atoms with Crippen LogP contribution in [0.25, 0.3) is 10.9 Å². The third-order valence-electron chi connectivity index (χ3n) is 5.02. The minimum absolute atomic E-state index is 0.0270. The highest BCUT2D eigenvalue weighted by atomic mass is 19.1. The topological polar surface area (TPSA) is 45.2 Å². The van der Waals surface area contributed by atoms with Gasteiger partial charge in [0.25, 0.3) is 5.91 Å². The quantitative estimate of drug-likeness (QED) is 0.771. The summed E-state index contributed by atoms with van der Waals surface area (Å²) in [5, 5.41) is 3.67. The number of para-hydroxylation sites is 1. The van der Waals surface area contributed by atoms with Gasteiger partial charge in [0.05, 0.1) is 0 Å². The number of hydrogen-bond donors (Lipinski definition) is 1. The minimum atomic E-state index is -0.415. The van der Waals surface area contributed by atoms with E-state index in [0.29, 0.717) is 5.39 Å². The van der Waals surface area contributed by atoms with E-state index in [1.54, 1.807) is 24.3 Å². The molecule has 0 radical (unpaired) electrons. The molecule has 27 heavy (non-hydrogen) atoms. The molecule has 5 heteroatoms. The number of amides is 1. The summed E-state index contributed by atoms with van der Waals surface area (Å²) in [6.07, 6.45) is 1.03. The summed E-state index contributed by atoms with van der Waals surface area (Å²) in [5.74, 6) is -0.688. The molecule has 138 valence electrons. The van der Waals surface area contributed by atoms with E-state index in [1.807, 2.05) is 6.92 Å². The van der Waals surface area contributed by atoms with Gasteiger partial charge in [-0.15, -0.1) is 0 Å². The molecule has 4 rings (SSSR count). The summed E-state index contributed by atoms with van der Waals surface area (Å²) in [7, 11) is 0. The Labute approximate surface area is 158 Å². The van der Waals surface area contributed by atoms with Gasteiger partial charge in [-0.05, 0) is 36.6 Å². The van der Waals surface area contributed by atoms with Crippen LogP contribution in [0.4, 0.5) is 4.39 Å². The highest BCUT2D eigenvalue weighted by molar-refractivity contribution is 5.95. The Bertz CT molecular complexity index is 988. The van der Waals surface area contributed by atoms with Crippen molar-refractivity contribution in [2.24, 2.45) is 0 Å². The highest BCUT2D eigenvalue weighted by Gasteiger charge is 2.19. The normalized spacial score (nSPS) is 15.3. The van der Waals surface area contributed by atoms with Crippen molar-refractivity contribution in [2.45, 2.75) is 25.9 Å². The third kappa shape index (κ3) is 3.83. The average molecular weight is 363 g/mol. The number of benzene rings is 2. The van der Waals surface area contributed by atoms with Crippen LogP contribution in [-0.2, 0) is 13.0 Å². The molecule has 0 spiro atoms. The second kappa shape index (κ2) is 7.45. The number of pyridine rings is 1. The standard InChI is InChI=1S/C22H22FN3O/c1-15(13-26-12-11-16-5-2-3-6-18(16)14-26)24-22(27)20-10-9-17-7-4-8-19(23)21(17)25-20/h2-10,15H,11-14H2,1H3,(H,24,27)/t15-/m1/s1. The molecule has 1 aromatic heterocycles. The molecule has 3 aromatic rings. The average Bonchev–Trinajstić information content (AvgIpc) is 2.68. The Hall–Kier alpha value is -2.79. The Morgan fingerprint density at radius 1 is 1.15 bits per heavy atom. The van der Waals surface area contributed by atoms with Crippen molar-refractivity contribution in [1.82, 2.24) is 15.2 Å². The lowest BCUT2D eigenvalue weighted by molar-refractivity contribution is 0.0922. The van der Waals surface area contributed by atoms with Crippen LogP contribution < -0.4 is 5.32 Å². The fourth-order valence-electron chi connectivity index (χ4n) is 3.68. The predicted octanol–water partition coefficient (Wildman–Crippen LogP) is 3.55. The van der Waals surface area contributed by atoms with Crippen molar-refractivity contribution in [1.29, 1.82) is 0 Å². The number of carbonyl (C=O) groups excluding carboxylic acids is 1. The predicted molar refractivity (Wildman–Crippen MR) is 104 cm³/mol. The Morgan fingerprint density at radius 2 is 1.96 bits per heavy atom. The van der Waals surface area contributed by atoms with Crippen molar-refractivity contribution in [2.75, 3.05) is 13.1 Å². The second-order valence-corrected chi connectivity index (χ2v) is 7.14. The number of fused-ring (bicyclic) bond motifs is 2. The number of hydrogen-bond acceptors (Lipinski definition) is 3. The van der Waals surface area contributed by atoms with Crippen LogP contribution in [0.3, 0.4) is 0 Å². The van der Waals surface area contributed by atoms with Crippen molar-refractivity contribution in [3.05, 3.63) is 77.2 Å². The molecule has 1 aliphatic rings. The lowest BCUT2D eigenvalue weighted by Gasteiger charge is -2.31. The van der Waals surface area contributed by atoms with E-state index in [9.17, 15) is 9.18 Å². The van der Waals surface area contributed by atoms with Crippen molar-refractivity contribution in [3.63, 3.8) is 0 Å². The van der Waals surface area contributed by atoms with E-state index in [1.165, 1.54) is 17.2 Å². The molecule has 0 aliphatic carbocycles. The fraction of sp³-hybridized carbons (Fsp3) is 0.273. The number of nitrogens with one attached hydrogen (secondary N) is 1. The van der Waals surface area contributed by atoms with Gasteiger partial charge in [0.2, 0.25) is 0 Å². The molecule has 1 atom stereocenters. The molecular formula is C22H22FN3O. The lowest BCUT2D eigenvalue weighted by atomic mass is 10.00. The van der Waals surface area contributed by atoms with Crippen LogP contribution in [-0.4, -0.2) is 34.9 Å². The molecular weight excluding hydrogens is 341 g/mol. The molecule has 1 amide bonds. The van der Waals surface area contributed by atoms with Crippen molar-refractivity contribution >= 4 is 16.8 Å². The van der Waals surface area contributed by atoms with E-state index >= 15 is 0 Å². The first kappa shape index (κ1) is 17.6. The zero-order valence-corrected chi connectivity index (χ0v) is 15.3. The number of halogens is 1. The number of nitrogens with zero attached hydrogens (tertiary/aromatic N) is 2. The van der Waals surface area contributed by atoms with Crippen LogP contribution >= 0.6 is 0 Å². The Balaban J connectivity index is 1.40. The molecule has 2 heterocycles. The second-order valence-electron chi connectivity index (χ2n) is 7.14. The van der Waals surface area contributed by atoms with Gasteiger partial charge in [0.15, 0.2) is 0 Å². The van der Waals surface area contributed by atoms with Gasteiger partial charge in [0, 0.05) is 31.1 Å². The summed E-state index contributed by atoms with van der Waals surface area (Å²) in [5.41, 5.74) is 3.23. The highest BCUT2D eigenvalue weighted by Crippen LogP contribution is 2.19. The summed E-state index contributed by atoms with van der Waals surface area (Å²) in [4.78, 5) is 19.1. The van der Waals surface area contributed by atoms with Crippen LogP contribution in [0, 0.1) is 5.82 Å². The maximum Gasteiger partial charge on any atom is 0.270 e. The smallest absolute Gasteiger partial charge is 0.270 e. The molecule has 2 aromatic carbocycles. The van der Waals surface area contributed by atoms with Gasteiger partial charge in [-0.3, -0.25) is 9.69 Å². The summed E-state index contributed by atoms with van der Waals surface area (Å²) >= 11 is 0. The van der Waals surface area contributed by atoms with Gasteiger partial charge >= 0.3 is 0 Å². The Morgan fingerprint density at radius 3 is 2.81 bits per heavy atom. The molecule has 0 saturated heterocycles. The monoisotopic (exact) mass is 363 g/mol. The van der Waals surface area contributed by atoms with Crippen molar-refractivity contribution < 1.29 is 9.18 Å². The van der Waals surface area contributed by atoms with Gasteiger partial charge in [-0.1, -0.05) is 42.5 Å². The van der Waals surface area contributed by atoms with Crippen LogP contribution in [0.5, 0.6) is 0 Å². The maximum atomic E-state index is 13.9. The first-order chi connectivity index (χ1) is 13.1. The molecule has 0 bridgehead atoms. The van der Waals surface area contributed by atoms with Gasteiger partial charge < -0.3 is 5.32 Å². The van der Waals surface area contributed by atoms with Gasteiger partial charge in [0.1, 0.15) is 17.0 Å². The SMILES string of the molecule is C[C@H](CN1CCc2ccccc2C1)NC(=O)c1ccc2cccc(F)c2n1. The molecule has 0 fully saturated rings. The first-order valence-electron chi connectivity index (χ1n) is 9.25. The van der Waals surface area contributed by atoms with E-state index < -0.39 is 5.82 Å². The third-order valence-corrected chi connectivity index (χ3v) is 5.02. The fourth-order valence-corrected chi connectivity index (χ4v) is 3.68. The molecule has 1 aliphatic heterocycles. The number of carbonyl (C=O) groups is 1. The van der Waals surface area contributed by atoms with Gasteiger partial charge in [-0.2, -0.15) is 0 Å². The van der Waals surface area contributed by atoms with E-state index in [0.717, 1.165) is 26.1 Å². The van der Waals surface area contributed by atoms with Crippen LogP contribution in [0.15, 0.2) is 54.6 Å². The summed E-state index contributed by atoms with van der Waals surface area (Å²) in [6.45, 7) is 4.63. The van der Waals surface area contributed by atoms with E-state index in [2.05, 4.69) is 39.5 Å². The van der Waals surface area contributed by atoms with Gasteiger partial charge in [-0.25, -0.2) is 9.37 Å². The molecule has 4 nitrogen and oxygen atoms in total. The summed E-state index contributed by atoms with van der Waals surface area (Å²) in [6, 6.07) is 16.6. The molecule has 1 N–H and O–H groups in total. The van der Waals surface area contributed by atoms with Crippen LogP contribution in [0.1, 0.15) is 28.5 Å².